The van der Waals surface area contributed by atoms with E-state index in [1.165, 1.54) is 0 Å². The van der Waals surface area contributed by atoms with Crippen LogP contribution >= 0.6 is 15.9 Å². The molecule has 0 fully saturated rings. The lowest BCUT2D eigenvalue weighted by Gasteiger charge is -2.07. The average Bonchev–Trinajstić information content (AvgIpc) is 2.40. The summed E-state index contributed by atoms with van der Waals surface area (Å²) in [6.07, 6.45) is 4.19. The highest BCUT2D eigenvalue weighted by atomic mass is 79.9. The second-order valence-electron chi connectivity index (χ2n) is 3.82. The van der Waals surface area contributed by atoms with E-state index in [1.54, 1.807) is 30.6 Å². The summed E-state index contributed by atoms with van der Waals surface area (Å²) in [5.74, 6) is 0.341. The van der Waals surface area contributed by atoms with Gasteiger partial charge in [0.15, 0.2) is 0 Å². The van der Waals surface area contributed by atoms with Gasteiger partial charge in [0.25, 0.3) is 0 Å². The van der Waals surface area contributed by atoms with Crippen molar-refractivity contribution in [3.05, 3.63) is 40.9 Å². The zero-order chi connectivity index (χ0) is 13.0. The van der Waals surface area contributed by atoms with E-state index < -0.39 is 0 Å². The number of nitrogens with one attached hydrogen (secondary N) is 1. The van der Waals surface area contributed by atoms with Crippen LogP contribution in [0.3, 0.4) is 0 Å². The minimum atomic E-state index is -0.320. The average molecular weight is 310 g/mol. The van der Waals surface area contributed by atoms with Crippen LogP contribution in [0, 0.1) is 5.82 Å². The first-order valence-corrected chi connectivity index (χ1v) is 6.52. The van der Waals surface area contributed by atoms with Gasteiger partial charge in [0.1, 0.15) is 11.6 Å². The monoisotopic (exact) mass is 309 g/mol. The summed E-state index contributed by atoms with van der Waals surface area (Å²) in [6, 6.07) is 5.12. The third-order valence-electron chi connectivity index (χ3n) is 2.42. The molecule has 1 aromatic carbocycles. The van der Waals surface area contributed by atoms with Crippen molar-refractivity contribution >= 4 is 21.7 Å². The Balaban J connectivity index is 2.35. The predicted molar refractivity (Wildman–Crippen MR) is 73.9 cm³/mol. The largest absolute Gasteiger partial charge is 0.369 e. The summed E-state index contributed by atoms with van der Waals surface area (Å²) in [5, 5.41) is 3.13. The van der Waals surface area contributed by atoms with E-state index in [4.69, 9.17) is 0 Å². The van der Waals surface area contributed by atoms with Gasteiger partial charge in [0.05, 0.1) is 22.6 Å². The van der Waals surface area contributed by atoms with E-state index in [0.717, 1.165) is 13.0 Å². The molecule has 3 nitrogen and oxygen atoms in total. The van der Waals surface area contributed by atoms with E-state index in [1.807, 2.05) is 0 Å². The Morgan fingerprint density at radius 1 is 1.33 bits per heavy atom. The Kier molecular flexibility index (Phi) is 4.25. The molecule has 0 bridgehead atoms. The molecule has 1 heterocycles. The molecule has 2 rings (SSSR count). The second-order valence-corrected chi connectivity index (χ2v) is 4.67. The number of hydrogen-bond donors (Lipinski definition) is 1. The molecule has 0 saturated heterocycles. The normalized spacial score (nSPS) is 10.4. The highest BCUT2D eigenvalue weighted by molar-refractivity contribution is 9.10. The van der Waals surface area contributed by atoms with Gasteiger partial charge in [-0.15, -0.1) is 0 Å². The number of halogens is 2. The zero-order valence-corrected chi connectivity index (χ0v) is 11.5. The van der Waals surface area contributed by atoms with Crippen LogP contribution in [0.15, 0.2) is 35.1 Å². The summed E-state index contributed by atoms with van der Waals surface area (Å²) >= 11 is 3.16. The van der Waals surface area contributed by atoms with Crippen LogP contribution in [0.1, 0.15) is 13.3 Å². The third-order valence-corrected chi connectivity index (χ3v) is 3.03. The Bertz CT molecular complexity index is 546. The van der Waals surface area contributed by atoms with Crippen molar-refractivity contribution in [3.8, 4) is 11.3 Å². The minimum Gasteiger partial charge on any atom is -0.369 e. The van der Waals surface area contributed by atoms with E-state index in [9.17, 15) is 4.39 Å². The van der Waals surface area contributed by atoms with Gasteiger partial charge in [-0.05, 0) is 34.5 Å². The quantitative estimate of drug-likeness (QED) is 0.931. The highest BCUT2D eigenvalue weighted by Gasteiger charge is 2.10. The molecule has 0 spiro atoms. The molecular formula is C13H13BrFN3. The van der Waals surface area contributed by atoms with Crippen LogP contribution in [-0.2, 0) is 0 Å². The van der Waals surface area contributed by atoms with Gasteiger partial charge in [-0.2, -0.15) is 0 Å². The SMILES string of the molecule is CCCNc1cncc(-c2cccc(Br)c2F)n1. The van der Waals surface area contributed by atoms with Gasteiger partial charge >= 0.3 is 0 Å². The fourth-order valence-corrected chi connectivity index (χ4v) is 1.90. The predicted octanol–water partition coefficient (Wildman–Crippen LogP) is 3.87. The molecule has 0 aliphatic rings. The maximum absolute atomic E-state index is 13.9. The zero-order valence-electron chi connectivity index (χ0n) is 9.95. The van der Waals surface area contributed by atoms with E-state index in [0.29, 0.717) is 21.5 Å². The summed E-state index contributed by atoms with van der Waals surface area (Å²) < 4.78 is 14.4. The number of rotatable bonds is 4. The van der Waals surface area contributed by atoms with E-state index >= 15 is 0 Å². The number of benzene rings is 1. The van der Waals surface area contributed by atoms with Crippen molar-refractivity contribution in [2.45, 2.75) is 13.3 Å². The number of nitrogens with zero attached hydrogens (tertiary/aromatic N) is 2. The van der Waals surface area contributed by atoms with Gasteiger partial charge in [0, 0.05) is 12.1 Å². The number of hydrogen-bond acceptors (Lipinski definition) is 3. The molecule has 0 radical (unpaired) electrons. The molecule has 94 valence electrons. The molecule has 0 unspecified atom stereocenters. The Labute approximate surface area is 114 Å². The highest BCUT2D eigenvalue weighted by Crippen LogP contribution is 2.26. The van der Waals surface area contributed by atoms with Crippen molar-refractivity contribution in [2.75, 3.05) is 11.9 Å². The van der Waals surface area contributed by atoms with Crippen LogP contribution in [0.5, 0.6) is 0 Å². The van der Waals surface area contributed by atoms with Crippen molar-refractivity contribution in [2.24, 2.45) is 0 Å². The molecule has 18 heavy (non-hydrogen) atoms. The van der Waals surface area contributed by atoms with E-state index in [-0.39, 0.29) is 5.82 Å². The first-order chi connectivity index (χ1) is 8.72. The molecule has 1 N–H and O–H groups in total. The number of anilines is 1. The van der Waals surface area contributed by atoms with Crippen molar-refractivity contribution in [3.63, 3.8) is 0 Å². The van der Waals surface area contributed by atoms with Crippen molar-refractivity contribution < 1.29 is 4.39 Å². The minimum absolute atomic E-state index is 0.320. The maximum atomic E-state index is 13.9. The van der Waals surface area contributed by atoms with Gasteiger partial charge in [-0.25, -0.2) is 9.37 Å². The van der Waals surface area contributed by atoms with Crippen LogP contribution in [-0.4, -0.2) is 16.5 Å². The van der Waals surface area contributed by atoms with Gasteiger partial charge in [-0.1, -0.05) is 13.0 Å². The van der Waals surface area contributed by atoms with Gasteiger partial charge in [-0.3, -0.25) is 4.98 Å². The fraction of sp³-hybridized carbons (Fsp3) is 0.231. The molecule has 0 aliphatic carbocycles. The van der Waals surface area contributed by atoms with Crippen LogP contribution in [0.4, 0.5) is 10.2 Å². The first kappa shape index (κ1) is 13.0. The fourth-order valence-electron chi connectivity index (χ4n) is 1.54. The molecule has 2 aromatic rings. The van der Waals surface area contributed by atoms with Crippen molar-refractivity contribution in [1.82, 2.24) is 9.97 Å². The summed E-state index contributed by atoms with van der Waals surface area (Å²) in [5.41, 5.74) is 0.965. The standard InChI is InChI=1S/C13H13BrFN3/c1-2-6-17-12-8-16-7-11(18-12)9-4-3-5-10(14)13(9)15/h3-5,7-8H,2,6H2,1H3,(H,17,18). The van der Waals surface area contributed by atoms with E-state index in [2.05, 4.69) is 38.1 Å². The maximum Gasteiger partial charge on any atom is 0.146 e. The molecule has 0 aliphatic heterocycles. The third kappa shape index (κ3) is 2.85. The van der Waals surface area contributed by atoms with Crippen LogP contribution in [0.2, 0.25) is 0 Å². The molecule has 0 amide bonds. The first-order valence-electron chi connectivity index (χ1n) is 5.72. The molecule has 5 heteroatoms. The summed E-state index contributed by atoms with van der Waals surface area (Å²) in [4.78, 5) is 8.43. The van der Waals surface area contributed by atoms with Gasteiger partial charge in [0.2, 0.25) is 0 Å². The second kappa shape index (κ2) is 5.91. The molecule has 1 aromatic heterocycles. The van der Waals surface area contributed by atoms with Crippen LogP contribution in [0.25, 0.3) is 11.3 Å². The lowest BCUT2D eigenvalue weighted by atomic mass is 10.1. The summed E-state index contributed by atoms with van der Waals surface area (Å²) in [6.45, 7) is 2.89. The molecular weight excluding hydrogens is 297 g/mol. The molecule has 0 saturated carbocycles. The number of aromatic nitrogens is 2. The summed E-state index contributed by atoms with van der Waals surface area (Å²) in [7, 11) is 0. The topological polar surface area (TPSA) is 37.8 Å². The molecule has 0 atom stereocenters. The Hall–Kier alpha value is -1.49. The van der Waals surface area contributed by atoms with Crippen LogP contribution < -0.4 is 5.32 Å². The lowest BCUT2D eigenvalue weighted by molar-refractivity contribution is 0.624. The Morgan fingerprint density at radius 2 is 2.17 bits per heavy atom. The van der Waals surface area contributed by atoms with Gasteiger partial charge < -0.3 is 5.32 Å². The Morgan fingerprint density at radius 3 is 2.94 bits per heavy atom. The lowest BCUT2D eigenvalue weighted by Crippen LogP contribution is -2.03. The van der Waals surface area contributed by atoms with Crippen molar-refractivity contribution in [1.29, 1.82) is 0 Å². The smallest absolute Gasteiger partial charge is 0.146 e.